The smallest absolute Gasteiger partial charge is 0.291 e. The molecular formula is C23H22N2O5. The zero-order chi connectivity index (χ0) is 20.9. The topological polar surface area (TPSA) is 92.0 Å². The van der Waals surface area contributed by atoms with Crippen LogP contribution < -0.4 is 5.32 Å². The number of benzene rings is 2. The van der Waals surface area contributed by atoms with Crippen LogP contribution in [0.2, 0.25) is 0 Å². The third kappa shape index (κ3) is 4.42. The summed E-state index contributed by atoms with van der Waals surface area (Å²) in [5.41, 5.74) is 2.19. The number of ether oxygens (including phenoxy) is 1. The summed E-state index contributed by atoms with van der Waals surface area (Å²) in [5, 5.41) is 13.7. The Morgan fingerprint density at radius 3 is 2.57 bits per heavy atom. The zero-order valence-corrected chi connectivity index (χ0v) is 16.2. The minimum Gasteiger partial charge on any atom is -0.459 e. The van der Waals surface area contributed by atoms with Gasteiger partial charge in [-0.15, -0.1) is 0 Å². The van der Waals surface area contributed by atoms with Crippen molar-refractivity contribution < 1.29 is 23.8 Å². The van der Waals surface area contributed by atoms with E-state index in [4.69, 9.17) is 9.15 Å². The highest BCUT2D eigenvalue weighted by molar-refractivity contribution is 6.02. The molecule has 0 radical (unpaired) electrons. The van der Waals surface area contributed by atoms with Gasteiger partial charge in [0.05, 0.1) is 18.9 Å². The predicted octanol–water partition coefficient (Wildman–Crippen LogP) is 2.99. The van der Waals surface area contributed by atoms with Gasteiger partial charge in [0.1, 0.15) is 12.7 Å². The van der Waals surface area contributed by atoms with Gasteiger partial charge >= 0.3 is 0 Å². The molecule has 2 unspecified atom stereocenters. The Morgan fingerprint density at radius 2 is 1.87 bits per heavy atom. The van der Waals surface area contributed by atoms with Crippen molar-refractivity contribution in [3.63, 3.8) is 0 Å². The molecule has 0 spiro atoms. The predicted molar refractivity (Wildman–Crippen MR) is 110 cm³/mol. The summed E-state index contributed by atoms with van der Waals surface area (Å²) < 4.78 is 10.5. The molecule has 4 rings (SSSR count). The van der Waals surface area contributed by atoms with Crippen molar-refractivity contribution in [1.82, 2.24) is 4.90 Å². The lowest BCUT2D eigenvalue weighted by atomic mass is 9.99. The highest BCUT2D eigenvalue weighted by Gasteiger charge is 2.34. The highest BCUT2D eigenvalue weighted by Crippen LogP contribution is 2.27. The van der Waals surface area contributed by atoms with Gasteiger partial charge in [0.25, 0.3) is 5.91 Å². The Kier molecular flexibility index (Phi) is 5.92. The fraction of sp³-hybridized carbons (Fsp3) is 0.217. The number of aliphatic hydroxyl groups is 1. The van der Waals surface area contributed by atoms with Crippen molar-refractivity contribution in [2.45, 2.75) is 18.7 Å². The SMILES string of the molecule is O=C(Nc1ccc(C(O)C2COCC(=O)N2Cc2ccccc2)cc1)c1ccco1. The molecule has 1 aliphatic heterocycles. The lowest BCUT2D eigenvalue weighted by Gasteiger charge is -2.38. The van der Waals surface area contributed by atoms with Crippen LogP contribution >= 0.6 is 0 Å². The number of aliphatic hydroxyl groups excluding tert-OH is 1. The van der Waals surface area contributed by atoms with Gasteiger partial charge in [0.2, 0.25) is 5.91 Å². The highest BCUT2D eigenvalue weighted by atomic mass is 16.5. The van der Waals surface area contributed by atoms with E-state index in [0.29, 0.717) is 17.8 Å². The standard InChI is InChI=1S/C23H22N2O5/c26-21-15-29-14-19(25(21)13-16-5-2-1-3-6-16)22(27)17-8-10-18(11-9-17)24-23(28)20-7-4-12-30-20/h1-12,19,22,27H,13-15H2,(H,24,28). The summed E-state index contributed by atoms with van der Waals surface area (Å²) in [6.45, 7) is 0.659. The average molecular weight is 406 g/mol. The Morgan fingerprint density at radius 1 is 1.10 bits per heavy atom. The van der Waals surface area contributed by atoms with Crippen LogP contribution in [0.1, 0.15) is 27.8 Å². The van der Waals surface area contributed by atoms with Crippen molar-refractivity contribution in [2.75, 3.05) is 18.5 Å². The number of amides is 2. The first-order valence-corrected chi connectivity index (χ1v) is 9.66. The fourth-order valence-corrected chi connectivity index (χ4v) is 3.46. The molecule has 3 aromatic rings. The van der Waals surface area contributed by atoms with Crippen LogP contribution in [0.25, 0.3) is 0 Å². The van der Waals surface area contributed by atoms with Crippen molar-refractivity contribution in [3.8, 4) is 0 Å². The van der Waals surface area contributed by atoms with E-state index in [1.165, 1.54) is 6.26 Å². The minimum absolute atomic E-state index is 0.00774. The lowest BCUT2D eigenvalue weighted by molar-refractivity contribution is -0.155. The van der Waals surface area contributed by atoms with Crippen LogP contribution in [0, 0.1) is 0 Å². The average Bonchev–Trinajstić information content (AvgIpc) is 3.31. The number of nitrogens with one attached hydrogen (secondary N) is 1. The van der Waals surface area contributed by atoms with Crippen molar-refractivity contribution in [3.05, 3.63) is 89.9 Å². The number of rotatable bonds is 6. The van der Waals surface area contributed by atoms with E-state index in [9.17, 15) is 14.7 Å². The van der Waals surface area contributed by atoms with Crippen LogP contribution in [0.15, 0.2) is 77.4 Å². The molecule has 0 bridgehead atoms. The molecule has 2 atom stereocenters. The maximum atomic E-state index is 12.5. The molecule has 154 valence electrons. The van der Waals surface area contributed by atoms with E-state index in [-0.39, 0.29) is 30.8 Å². The Balaban J connectivity index is 1.47. The van der Waals surface area contributed by atoms with Gasteiger partial charge < -0.3 is 24.5 Å². The molecule has 1 aromatic heterocycles. The number of hydrogen-bond acceptors (Lipinski definition) is 5. The maximum Gasteiger partial charge on any atom is 0.291 e. The van der Waals surface area contributed by atoms with Gasteiger partial charge in [-0.2, -0.15) is 0 Å². The summed E-state index contributed by atoms with van der Waals surface area (Å²) in [7, 11) is 0. The molecule has 7 heteroatoms. The number of furan rings is 1. The first kappa shape index (κ1) is 19.9. The summed E-state index contributed by atoms with van der Waals surface area (Å²) in [5.74, 6) is -0.293. The van der Waals surface area contributed by atoms with E-state index in [1.807, 2.05) is 30.3 Å². The quantitative estimate of drug-likeness (QED) is 0.657. The molecule has 2 heterocycles. The number of carbonyl (C=O) groups is 2. The summed E-state index contributed by atoms with van der Waals surface area (Å²) in [6.07, 6.45) is 0.510. The first-order valence-electron chi connectivity index (χ1n) is 9.66. The van der Waals surface area contributed by atoms with Crippen molar-refractivity contribution >= 4 is 17.5 Å². The molecule has 1 saturated heterocycles. The summed E-state index contributed by atoms with van der Waals surface area (Å²) in [4.78, 5) is 26.2. The number of anilines is 1. The van der Waals surface area contributed by atoms with E-state index < -0.39 is 12.1 Å². The molecule has 30 heavy (non-hydrogen) atoms. The van der Waals surface area contributed by atoms with Gasteiger partial charge in [-0.1, -0.05) is 42.5 Å². The Bertz CT molecular complexity index is 986. The van der Waals surface area contributed by atoms with E-state index >= 15 is 0 Å². The fourth-order valence-electron chi connectivity index (χ4n) is 3.46. The summed E-state index contributed by atoms with van der Waals surface area (Å²) >= 11 is 0. The van der Waals surface area contributed by atoms with E-state index in [0.717, 1.165) is 5.56 Å². The van der Waals surface area contributed by atoms with E-state index in [1.54, 1.807) is 41.3 Å². The monoisotopic (exact) mass is 406 g/mol. The molecule has 2 aromatic carbocycles. The van der Waals surface area contributed by atoms with Crippen LogP contribution in [0.5, 0.6) is 0 Å². The van der Waals surface area contributed by atoms with Gasteiger partial charge in [0, 0.05) is 12.2 Å². The van der Waals surface area contributed by atoms with Crippen LogP contribution in [-0.2, 0) is 16.1 Å². The molecule has 1 aliphatic rings. The Labute approximate surface area is 173 Å². The third-order valence-electron chi connectivity index (χ3n) is 5.05. The van der Waals surface area contributed by atoms with Crippen LogP contribution in [-0.4, -0.2) is 41.1 Å². The number of carbonyl (C=O) groups excluding carboxylic acids is 2. The number of morpholine rings is 1. The van der Waals surface area contributed by atoms with Gasteiger partial charge in [-0.25, -0.2) is 0 Å². The summed E-state index contributed by atoms with van der Waals surface area (Å²) in [6, 6.07) is 19.2. The van der Waals surface area contributed by atoms with Crippen LogP contribution in [0.4, 0.5) is 5.69 Å². The van der Waals surface area contributed by atoms with Crippen molar-refractivity contribution in [2.24, 2.45) is 0 Å². The lowest BCUT2D eigenvalue weighted by Crippen LogP contribution is -2.51. The molecule has 2 N–H and O–H groups in total. The van der Waals surface area contributed by atoms with Gasteiger partial charge in [0.15, 0.2) is 5.76 Å². The zero-order valence-electron chi connectivity index (χ0n) is 16.2. The first-order chi connectivity index (χ1) is 14.6. The molecule has 7 nitrogen and oxygen atoms in total. The minimum atomic E-state index is -0.923. The normalized spacial score (nSPS) is 17.6. The molecule has 0 saturated carbocycles. The van der Waals surface area contributed by atoms with Gasteiger partial charge in [-0.05, 0) is 35.4 Å². The Hall–Kier alpha value is -3.42. The van der Waals surface area contributed by atoms with Gasteiger partial charge in [-0.3, -0.25) is 9.59 Å². The third-order valence-corrected chi connectivity index (χ3v) is 5.05. The number of nitrogens with zero attached hydrogens (tertiary/aromatic N) is 1. The molecule has 0 aliphatic carbocycles. The second-order valence-electron chi connectivity index (χ2n) is 7.09. The molecular weight excluding hydrogens is 384 g/mol. The molecule has 2 amide bonds. The largest absolute Gasteiger partial charge is 0.459 e. The second kappa shape index (κ2) is 8.94. The van der Waals surface area contributed by atoms with Crippen molar-refractivity contribution in [1.29, 1.82) is 0 Å². The van der Waals surface area contributed by atoms with Crippen LogP contribution in [0.3, 0.4) is 0 Å². The number of hydrogen-bond donors (Lipinski definition) is 2. The second-order valence-corrected chi connectivity index (χ2v) is 7.09. The maximum absolute atomic E-state index is 12.5. The van der Waals surface area contributed by atoms with E-state index in [2.05, 4.69) is 5.32 Å². The molecule has 1 fully saturated rings.